The average molecular weight is 345 g/mol. The second-order valence-corrected chi connectivity index (χ2v) is 8.10. The molecule has 1 fully saturated rings. The maximum Gasteiger partial charge on any atom is 0.0328 e. The number of hydrogen-bond donors (Lipinski definition) is 1. The Kier molecular flexibility index (Phi) is 5.46. The lowest BCUT2D eigenvalue weighted by atomic mass is 9.80. The molecule has 4 heteroatoms. The van der Waals surface area contributed by atoms with Gasteiger partial charge in [-0.05, 0) is 55.9 Å². The zero-order valence-corrected chi connectivity index (χ0v) is 14.7. The summed E-state index contributed by atoms with van der Waals surface area (Å²) in [4.78, 5) is 5.24. The summed E-state index contributed by atoms with van der Waals surface area (Å²) in [5.74, 6) is 0. The van der Waals surface area contributed by atoms with Crippen molar-refractivity contribution in [3.63, 3.8) is 0 Å². The van der Waals surface area contributed by atoms with E-state index in [1.54, 1.807) is 0 Å². The molecule has 0 spiro atoms. The third kappa shape index (κ3) is 3.81. The first-order valence-electron chi connectivity index (χ1n) is 7.16. The van der Waals surface area contributed by atoms with Gasteiger partial charge in [0.15, 0.2) is 0 Å². The normalized spacial score (nSPS) is 19.0. The van der Waals surface area contributed by atoms with Crippen molar-refractivity contribution in [2.45, 2.75) is 51.1 Å². The van der Waals surface area contributed by atoms with Crippen LogP contribution < -0.4 is 5.32 Å². The van der Waals surface area contributed by atoms with Crippen LogP contribution in [0.1, 0.15) is 41.9 Å². The quantitative estimate of drug-likeness (QED) is 0.862. The molecule has 1 aliphatic carbocycles. The number of hydrogen-bond acceptors (Lipinski definition) is 3. The van der Waals surface area contributed by atoms with Gasteiger partial charge in [0.2, 0.25) is 0 Å². The first-order chi connectivity index (χ1) is 9.03. The highest BCUT2D eigenvalue weighted by molar-refractivity contribution is 9.10. The molecule has 0 saturated heterocycles. The van der Waals surface area contributed by atoms with E-state index in [2.05, 4.69) is 53.2 Å². The molecule has 1 saturated carbocycles. The summed E-state index contributed by atoms with van der Waals surface area (Å²) in [5, 5.41) is 3.68. The van der Waals surface area contributed by atoms with Crippen LogP contribution in [0.4, 0.5) is 0 Å². The number of thiophene rings is 1. The second-order valence-electron chi connectivity index (χ2n) is 5.90. The van der Waals surface area contributed by atoms with Gasteiger partial charge in [-0.2, -0.15) is 0 Å². The lowest BCUT2D eigenvalue weighted by Crippen LogP contribution is -2.52. The summed E-state index contributed by atoms with van der Waals surface area (Å²) in [6.07, 6.45) is 6.83. The van der Waals surface area contributed by atoms with E-state index in [0.29, 0.717) is 5.54 Å². The molecule has 1 heterocycles. The lowest BCUT2D eigenvalue weighted by Gasteiger charge is -2.43. The van der Waals surface area contributed by atoms with Crippen molar-refractivity contribution in [3.8, 4) is 0 Å². The minimum atomic E-state index is 0.377. The van der Waals surface area contributed by atoms with Crippen LogP contribution in [0.15, 0.2) is 10.5 Å². The largest absolute Gasteiger partial charge is 0.310 e. The fourth-order valence-electron chi connectivity index (χ4n) is 3.02. The Labute approximate surface area is 129 Å². The van der Waals surface area contributed by atoms with Gasteiger partial charge < -0.3 is 10.2 Å². The van der Waals surface area contributed by atoms with Gasteiger partial charge in [-0.1, -0.05) is 19.3 Å². The molecular weight excluding hydrogens is 320 g/mol. The lowest BCUT2D eigenvalue weighted by molar-refractivity contribution is 0.0985. The van der Waals surface area contributed by atoms with Crippen molar-refractivity contribution >= 4 is 27.3 Å². The number of aryl methyl sites for hydroxylation is 1. The van der Waals surface area contributed by atoms with Crippen molar-refractivity contribution in [2.24, 2.45) is 0 Å². The van der Waals surface area contributed by atoms with E-state index < -0.39 is 0 Å². The Balaban J connectivity index is 1.89. The van der Waals surface area contributed by atoms with Crippen LogP contribution in [0, 0.1) is 6.92 Å². The van der Waals surface area contributed by atoms with E-state index in [1.807, 2.05) is 11.3 Å². The van der Waals surface area contributed by atoms with E-state index >= 15 is 0 Å². The van der Waals surface area contributed by atoms with E-state index in [0.717, 1.165) is 13.1 Å². The Morgan fingerprint density at radius 1 is 1.32 bits per heavy atom. The minimum absolute atomic E-state index is 0.377. The van der Waals surface area contributed by atoms with Gasteiger partial charge >= 0.3 is 0 Å². The predicted octanol–water partition coefficient (Wildman–Crippen LogP) is 4.17. The molecular formula is C15H25BrN2S. The number of likely N-dealkylation sites (N-methyl/N-ethyl adjacent to an activating group) is 1. The molecule has 0 bridgehead atoms. The van der Waals surface area contributed by atoms with Gasteiger partial charge in [0, 0.05) is 32.9 Å². The molecule has 108 valence electrons. The maximum atomic E-state index is 3.68. The van der Waals surface area contributed by atoms with Crippen molar-refractivity contribution in [3.05, 3.63) is 20.3 Å². The molecule has 0 radical (unpaired) electrons. The first kappa shape index (κ1) is 15.5. The highest BCUT2D eigenvalue weighted by Crippen LogP contribution is 2.32. The van der Waals surface area contributed by atoms with Crippen molar-refractivity contribution in [1.82, 2.24) is 10.2 Å². The molecule has 1 aromatic rings. The van der Waals surface area contributed by atoms with Crippen molar-refractivity contribution in [1.29, 1.82) is 0 Å². The fraction of sp³-hybridized carbons (Fsp3) is 0.733. The fourth-order valence-corrected chi connectivity index (χ4v) is 4.59. The van der Waals surface area contributed by atoms with Gasteiger partial charge in [-0.15, -0.1) is 11.3 Å². The SMILES string of the molecule is Cc1sc(CNCC2(N(C)C)CCCCC2)cc1Br. The summed E-state index contributed by atoms with van der Waals surface area (Å²) < 4.78 is 1.24. The first-order valence-corrected chi connectivity index (χ1v) is 8.77. The third-order valence-corrected chi connectivity index (χ3v) is 6.53. The molecule has 1 N–H and O–H groups in total. The van der Waals surface area contributed by atoms with Crippen LogP contribution in [0.25, 0.3) is 0 Å². The summed E-state index contributed by atoms with van der Waals surface area (Å²) in [5.41, 5.74) is 0.377. The van der Waals surface area contributed by atoms with Crippen LogP contribution in [0.3, 0.4) is 0 Å². The Hall–Kier alpha value is 0.100. The highest BCUT2D eigenvalue weighted by atomic mass is 79.9. The number of nitrogens with zero attached hydrogens (tertiary/aromatic N) is 1. The van der Waals surface area contributed by atoms with Crippen LogP contribution >= 0.6 is 27.3 Å². The van der Waals surface area contributed by atoms with Crippen LogP contribution in [-0.2, 0) is 6.54 Å². The molecule has 2 rings (SSSR count). The van der Waals surface area contributed by atoms with Gasteiger partial charge in [0.25, 0.3) is 0 Å². The summed E-state index contributed by atoms with van der Waals surface area (Å²) >= 11 is 5.48. The van der Waals surface area contributed by atoms with Crippen molar-refractivity contribution in [2.75, 3.05) is 20.6 Å². The van der Waals surface area contributed by atoms with Gasteiger partial charge in [0.05, 0.1) is 0 Å². The Morgan fingerprint density at radius 2 is 2.00 bits per heavy atom. The Morgan fingerprint density at radius 3 is 2.53 bits per heavy atom. The number of halogens is 1. The van der Waals surface area contributed by atoms with Gasteiger partial charge in [-0.25, -0.2) is 0 Å². The molecule has 1 aliphatic rings. The molecule has 2 nitrogen and oxygen atoms in total. The van der Waals surface area contributed by atoms with Crippen LogP contribution in [0.2, 0.25) is 0 Å². The van der Waals surface area contributed by atoms with Crippen molar-refractivity contribution < 1.29 is 0 Å². The molecule has 1 aromatic heterocycles. The summed E-state index contributed by atoms with van der Waals surface area (Å²) in [7, 11) is 4.47. The zero-order valence-electron chi connectivity index (χ0n) is 12.3. The Bertz CT molecular complexity index is 389. The average Bonchev–Trinajstić information content (AvgIpc) is 2.69. The van der Waals surface area contributed by atoms with Crippen LogP contribution in [0.5, 0.6) is 0 Å². The van der Waals surface area contributed by atoms with Gasteiger partial charge in [-0.3, -0.25) is 0 Å². The summed E-state index contributed by atoms with van der Waals surface area (Å²) in [6, 6.07) is 2.25. The molecule has 0 aliphatic heterocycles. The molecule has 0 amide bonds. The zero-order chi connectivity index (χ0) is 13.9. The topological polar surface area (TPSA) is 15.3 Å². The molecule has 19 heavy (non-hydrogen) atoms. The van der Waals surface area contributed by atoms with E-state index in [9.17, 15) is 0 Å². The summed E-state index contributed by atoms with van der Waals surface area (Å²) in [6.45, 7) is 4.27. The maximum absolute atomic E-state index is 3.68. The predicted molar refractivity (Wildman–Crippen MR) is 88.0 cm³/mol. The monoisotopic (exact) mass is 344 g/mol. The molecule has 0 aromatic carbocycles. The molecule has 0 atom stereocenters. The third-order valence-electron chi connectivity index (χ3n) is 4.39. The van der Waals surface area contributed by atoms with Gasteiger partial charge in [0.1, 0.15) is 0 Å². The van der Waals surface area contributed by atoms with Crippen LogP contribution in [-0.4, -0.2) is 31.1 Å². The highest BCUT2D eigenvalue weighted by Gasteiger charge is 2.33. The molecule has 0 unspecified atom stereocenters. The minimum Gasteiger partial charge on any atom is -0.310 e. The number of rotatable bonds is 5. The van der Waals surface area contributed by atoms with E-state index in [4.69, 9.17) is 0 Å². The van der Waals surface area contributed by atoms with E-state index in [-0.39, 0.29) is 0 Å². The smallest absolute Gasteiger partial charge is 0.0328 e. The number of nitrogens with one attached hydrogen (secondary N) is 1. The second kappa shape index (κ2) is 6.70. The van der Waals surface area contributed by atoms with E-state index in [1.165, 1.54) is 46.3 Å². The standard InChI is InChI=1S/C15H25BrN2S/c1-12-14(16)9-13(19-12)10-17-11-15(18(2)3)7-5-4-6-8-15/h9,17H,4-8,10-11H2,1-3H3.